The molecule has 1 unspecified atom stereocenters. The number of esters is 1. The van der Waals surface area contributed by atoms with E-state index >= 15 is 0 Å². The molecule has 0 radical (unpaired) electrons. The molecule has 3 nitrogen and oxygen atoms in total. The second kappa shape index (κ2) is 5.20. The Morgan fingerprint density at radius 1 is 1.30 bits per heavy atom. The van der Waals surface area contributed by atoms with Gasteiger partial charge in [0, 0.05) is 12.3 Å². The molecule has 23 heavy (non-hydrogen) atoms. The van der Waals surface area contributed by atoms with Crippen molar-refractivity contribution in [2.45, 2.75) is 51.6 Å². The second-order valence-electron chi connectivity index (χ2n) is 7.66. The maximum absolute atomic E-state index is 11.1. The van der Waals surface area contributed by atoms with Gasteiger partial charge in [0.15, 0.2) is 0 Å². The van der Waals surface area contributed by atoms with Crippen molar-refractivity contribution < 1.29 is 14.6 Å². The third-order valence-electron chi connectivity index (χ3n) is 6.43. The van der Waals surface area contributed by atoms with Crippen LogP contribution in [0.5, 0.6) is 5.75 Å². The summed E-state index contributed by atoms with van der Waals surface area (Å²) in [7, 11) is 0. The number of aliphatic hydroxyl groups excluding tert-OH is 1. The number of benzene rings is 1. The van der Waals surface area contributed by atoms with E-state index in [-0.39, 0.29) is 17.5 Å². The molecule has 4 rings (SSSR count). The van der Waals surface area contributed by atoms with Crippen LogP contribution in [0.15, 0.2) is 30.4 Å². The molecule has 0 heterocycles. The van der Waals surface area contributed by atoms with Gasteiger partial charge in [0.1, 0.15) is 5.75 Å². The highest BCUT2D eigenvalue weighted by Crippen LogP contribution is 2.58. The molecule has 0 aromatic heterocycles. The normalized spacial score (nSPS) is 37.7. The fraction of sp³-hybridized carbons (Fsp3) is 0.550. The molecular weight excluding hydrogens is 288 g/mol. The SMILES string of the molecule is CC(=O)Oc1ccc2c(c1)CC[C@@H]1[C@@H]2CC[C@]2(C)C(O)C=C[C@@H]12. The maximum Gasteiger partial charge on any atom is 0.308 e. The summed E-state index contributed by atoms with van der Waals surface area (Å²) in [6.07, 6.45) is 8.36. The summed E-state index contributed by atoms with van der Waals surface area (Å²) in [5.74, 6) is 2.06. The summed E-state index contributed by atoms with van der Waals surface area (Å²) in [5, 5.41) is 10.4. The van der Waals surface area contributed by atoms with Crippen molar-refractivity contribution in [3.05, 3.63) is 41.5 Å². The van der Waals surface area contributed by atoms with E-state index in [1.807, 2.05) is 18.2 Å². The maximum atomic E-state index is 11.1. The van der Waals surface area contributed by atoms with Crippen LogP contribution in [0.1, 0.15) is 50.2 Å². The number of carbonyl (C=O) groups excluding carboxylic acids is 1. The molecule has 1 N–H and O–H groups in total. The van der Waals surface area contributed by atoms with Crippen molar-refractivity contribution >= 4 is 5.97 Å². The number of hydrogen-bond acceptors (Lipinski definition) is 3. The van der Waals surface area contributed by atoms with Crippen molar-refractivity contribution in [2.75, 3.05) is 0 Å². The molecule has 3 heteroatoms. The molecule has 1 saturated carbocycles. The first kappa shape index (κ1) is 14.9. The predicted molar refractivity (Wildman–Crippen MR) is 88.3 cm³/mol. The van der Waals surface area contributed by atoms with Crippen LogP contribution in [0.2, 0.25) is 0 Å². The van der Waals surface area contributed by atoms with E-state index in [1.54, 1.807) is 0 Å². The summed E-state index contributed by atoms with van der Waals surface area (Å²) in [6, 6.07) is 6.12. The van der Waals surface area contributed by atoms with Gasteiger partial charge < -0.3 is 9.84 Å². The largest absolute Gasteiger partial charge is 0.427 e. The van der Waals surface area contributed by atoms with E-state index in [1.165, 1.54) is 18.1 Å². The van der Waals surface area contributed by atoms with Gasteiger partial charge >= 0.3 is 5.97 Å². The minimum atomic E-state index is -0.291. The van der Waals surface area contributed by atoms with Crippen molar-refractivity contribution in [3.63, 3.8) is 0 Å². The molecule has 0 amide bonds. The average molecular weight is 312 g/mol. The highest BCUT2D eigenvalue weighted by Gasteiger charge is 2.52. The van der Waals surface area contributed by atoms with Crippen molar-refractivity contribution in [1.29, 1.82) is 0 Å². The lowest BCUT2D eigenvalue weighted by Crippen LogP contribution is -2.44. The molecule has 3 aliphatic carbocycles. The lowest BCUT2D eigenvalue weighted by atomic mass is 9.55. The molecule has 1 fully saturated rings. The fourth-order valence-corrected chi connectivity index (χ4v) is 5.22. The molecule has 0 bridgehead atoms. The van der Waals surface area contributed by atoms with Crippen molar-refractivity contribution in [3.8, 4) is 5.75 Å². The quantitative estimate of drug-likeness (QED) is 0.489. The van der Waals surface area contributed by atoms with Crippen LogP contribution in [0.4, 0.5) is 0 Å². The van der Waals surface area contributed by atoms with Gasteiger partial charge in [0.2, 0.25) is 0 Å². The number of carbonyl (C=O) groups is 1. The van der Waals surface area contributed by atoms with Gasteiger partial charge in [0.25, 0.3) is 0 Å². The first-order chi connectivity index (χ1) is 11.0. The van der Waals surface area contributed by atoms with E-state index in [4.69, 9.17) is 4.74 Å². The van der Waals surface area contributed by atoms with Crippen LogP contribution < -0.4 is 4.74 Å². The van der Waals surface area contributed by atoms with Gasteiger partial charge in [-0.1, -0.05) is 25.1 Å². The zero-order valence-corrected chi connectivity index (χ0v) is 13.8. The lowest BCUT2D eigenvalue weighted by Gasteiger charge is -2.50. The summed E-state index contributed by atoms with van der Waals surface area (Å²) in [5.41, 5.74) is 2.78. The summed E-state index contributed by atoms with van der Waals surface area (Å²) >= 11 is 0. The first-order valence-corrected chi connectivity index (χ1v) is 8.66. The Labute approximate surface area is 137 Å². The van der Waals surface area contributed by atoms with Gasteiger partial charge in [-0.3, -0.25) is 4.79 Å². The van der Waals surface area contributed by atoms with Crippen molar-refractivity contribution in [1.82, 2.24) is 0 Å². The molecule has 0 saturated heterocycles. The summed E-state index contributed by atoms with van der Waals surface area (Å²) in [6.45, 7) is 3.69. The van der Waals surface area contributed by atoms with Crippen LogP contribution in [-0.4, -0.2) is 17.2 Å². The molecule has 0 aliphatic heterocycles. The molecule has 1 aromatic rings. The minimum Gasteiger partial charge on any atom is -0.427 e. The number of rotatable bonds is 1. The number of aryl methyl sites for hydroxylation is 1. The Bertz CT molecular complexity index is 677. The highest BCUT2D eigenvalue weighted by atomic mass is 16.5. The standard InChI is InChI=1S/C20H24O3/c1-12(21)23-14-4-6-15-13(11-14)3-5-17-16(15)9-10-20(2)18(17)7-8-19(20)22/h4,6-8,11,16-19,22H,3,5,9-10H2,1-2H3/t16-,17-,18+,19?,20+/m1/s1. The first-order valence-electron chi connectivity index (χ1n) is 8.66. The molecular formula is C20H24O3. The van der Waals surface area contributed by atoms with E-state index < -0.39 is 0 Å². The monoisotopic (exact) mass is 312 g/mol. The zero-order valence-electron chi connectivity index (χ0n) is 13.8. The average Bonchev–Trinajstić information content (AvgIpc) is 2.82. The summed E-state index contributed by atoms with van der Waals surface area (Å²) in [4.78, 5) is 11.1. The lowest BCUT2D eigenvalue weighted by molar-refractivity contribution is -0.131. The number of ether oxygens (including phenoxy) is 1. The van der Waals surface area contributed by atoms with Gasteiger partial charge in [-0.15, -0.1) is 0 Å². The van der Waals surface area contributed by atoms with Crippen LogP contribution in [0.3, 0.4) is 0 Å². The van der Waals surface area contributed by atoms with Crippen LogP contribution in [0.25, 0.3) is 0 Å². The molecule has 1 aromatic carbocycles. The van der Waals surface area contributed by atoms with Gasteiger partial charge in [-0.05, 0) is 66.7 Å². The smallest absolute Gasteiger partial charge is 0.308 e. The van der Waals surface area contributed by atoms with Gasteiger partial charge in [-0.25, -0.2) is 0 Å². The van der Waals surface area contributed by atoms with E-state index in [0.29, 0.717) is 23.5 Å². The van der Waals surface area contributed by atoms with Crippen LogP contribution in [-0.2, 0) is 11.2 Å². The third kappa shape index (κ3) is 2.25. The predicted octanol–water partition coefficient (Wildman–Crippen LogP) is 3.60. The van der Waals surface area contributed by atoms with Crippen LogP contribution in [0, 0.1) is 17.3 Å². The molecule has 5 atom stereocenters. The third-order valence-corrected chi connectivity index (χ3v) is 6.43. The van der Waals surface area contributed by atoms with E-state index in [9.17, 15) is 9.90 Å². The Balaban J connectivity index is 1.65. The zero-order chi connectivity index (χ0) is 16.2. The second-order valence-corrected chi connectivity index (χ2v) is 7.66. The highest BCUT2D eigenvalue weighted by molar-refractivity contribution is 5.69. The Morgan fingerprint density at radius 2 is 2.13 bits per heavy atom. The number of fused-ring (bicyclic) bond motifs is 5. The molecule has 122 valence electrons. The Kier molecular flexibility index (Phi) is 3.38. The Morgan fingerprint density at radius 3 is 2.91 bits per heavy atom. The van der Waals surface area contributed by atoms with Crippen molar-refractivity contribution in [2.24, 2.45) is 17.3 Å². The summed E-state index contributed by atoms with van der Waals surface area (Å²) < 4.78 is 5.23. The molecule has 3 aliphatic rings. The number of hydrogen-bond donors (Lipinski definition) is 1. The number of allylic oxidation sites excluding steroid dienone is 1. The van der Waals surface area contributed by atoms with Gasteiger partial charge in [0.05, 0.1) is 6.10 Å². The topological polar surface area (TPSA) is 46.5 Å². The fourth-order valence-electron chi connectivity index (χ4n) is 5.22. The molecule has 0 spiro atoms. The Hall–Kier alpha value is -1.61. The van der Waals surface area contributed by atoms with Crippen LogP contribution >= 0.6 is 0 Å². The van der Waals surface area contributed by atoms with E-state index in [0.717, 1.165) is 25.7 Å². The van der Waals surface area contributed by atoms with Gasteiger partial charge in [-0.2, -0.15) is 0 Å². The minimum absolute atomic E-state index is 0.0242. The van der Waals surface area contributed by atoms with E-state index in [2.05, 4.69) is 19.1 Å². The number of aliphatic hydroxyl groups is 1.